The molecule has 1 amide bonds. The third-order valence-electron chi connectivity index (χ3n) is 4.16. The van der Waals surface area contributed by atoms with Gasteiger partial charge in [0.1, 0.15) is 0 Å². The van der Waals surface area contributed by atoms with Crippen LogP contribution in [0.3, 0.4) is 0 Å². The molecule has 3 rings (SSSR count). The van der Waals surface area contributed by atoms with Crippen molar-refractivity contribution in [2.75, 3.05) is 6.54 Å². The molecule has 0 N–H and O–H groups in total. The number of hydrogen-bond acceptors (Lipinski definition) is 3. The molecule has 0 unspecified atom stereocenters. The van der Waals surface area contributed by atoms with E-state index >= 15 is 0 Å². The highest BCUT2D eigenvalue weighted by Gasteiger charge is 2.26. The van der Waals surface area contributed by atoms with Crippen LogP contribution in [-0.2, 0) is 11.3 Å². The number of nitrogens with zero attached hydrogens (tertiary/aromatic N) is 3. The molecule has 0 radical (unpaired) electrons. The number of amides is 1. The summed E-state index contributed by atoms with van der Waals surface area (Å²) in [5, 5.41) is 11.0. The minimum atomic E-state index is -0.444. The normalized spacial score (nSPS) is 17.3. The van der Waals surface area contributed by atoms with Crippen LogP contribution in [0.25, 0.3) is 6.08 Å². The van der Waals surface area contributed by atoms with Gasteiger partial charge < -0.3 is 9.47 Å². The first-order valence-corrected chi connectivity index (χ1v) is 7.45. The van der Waals surface area contributed by atoms with Gasteiger partial charge in [-0.15, -0.1) is 0 Å². The van der Waals surface area contributed by atoms with E-state index in [4.69, 9.17) is 0 Å². The summed E-state index contributed by atoms with van der Waals surface area (Å²) >= 11 is 0. The van der Waals surface area contributed by atoms with Crippen LogP contribution in [-0.4, -0.2) is 26.8 Å². The number of carbonyl (C=O) groups excluding carboxylic acids is 1. The molecule has 0 aliphatic carbocycles. The number of nitro groups is 1. The Morgan fingerprint density at radius 1 is 1.26 bits per heavy atom. The van der Waals surface area contributed by atoms with Gasteiger partial charge in [-0.05, 0) is 31.2 Å². The predicted octanol–water partition coefficient (Wildman–Crippen LogP) is 3.01. The second kappa shape index (κ2) is 6.08. The van der Waals surface area contributed by atoms with Gasteiger partial charge in [-0.1, -0.05) is 12.1 Å². The molecule has 0 spiro atoms. The van der Waals surface area contributed by atoms with Gasteiger partial charge in [0.05, 0.1) is 16.5 Å². The van der Waals surface area contributed by atoms with Crippen molar-refractivity contribution in [2.45, 2.75) is 19.5 Å². The molecule has 1 aliphatic rings. The van der Waals surface area contributed by atoms with Crippen LogP contribution in [0.4, 0.5) is 5.69 Å². The quantitative estimate of drug-likeness (QED) is 0.497. The monoisotopic (exact) mass is 311 g/mol. The van der Waals surface area contributed by atoms with Crippen molar-refractivity contribution in [1.82, 2.24) is 9.47 Å². The van der Waals surface area contributed by atoms with E-state index in [2.05, 4.69) is 4.57 Å². The van der Waals surface area contributed by atoms with Gasteiger partial charge in [-0.25, -0.2) is 0 Å². The Bertz CT molecular complexity index is 779. The maximum Gasteiger partial charge on any atom is 0.276 e. The Kier molecular flexibility index (Phi) is 3.97. The summed E-state index contributed by atoms with van der Waals surface area (Å²) < 4.78 is 2.14. The zero-order chi connectivity index (χ0) is 16.4. The van der Waals surface area contributed by atoms with Gasteiger partial charge >= 0.3 is 0 Å². The van der Waals surface area contributed by atoms with Crippen LogP contribution in [0.15, 0.2) is 48.7 Å². The summed E-state index contributed by atoms with van der Waals surface area (Å²) in [5.41, 5.74) is 1.53. The Morgan fingerprint density at radius 2 is 2.04 bits per heavy atom. The minimum absolute atomic E-state index is 0.00267. The van der Waals surface area contributed by atoms with Crippen molar-refractivity contribution in [3.8, 4) is 0 Å². The van der Waals surface area contributed by atoms with E-state index in [9.17, 15) is 14.9 Å². The van der Waals surface area contributed by atoms with E-state index in [1.54, 1.807) is 23.1 Å². The number of nitro benzene ring substituents is 1. The lowest BCUT2D eigenvalue weighted by Crippen LogP contribution is -2.39. The molecule has 0 fully saturated rings. The van der Waals surface area contributed by atoms with Gasteiger partial charge in [0.25, 0.3) is 5.69 Å². The van der Waals surface area contributed by atoms with Crippen LogP contribution in [0.5, 0.6) is 0 Å². The number of hydrogen-bond donors (Lipinski definition) is 0. The first-order chi connectivity index (χ1) is 11.1. The number of aromatic nitrogens is 1. The zero-order valence-electron chi connectivity index (χ0n) is 12.8. The molecule has 1 atom stereocenters. The van der Waals surface area contributed by atoms with Crippen molar-refractivity contribution in [3.05, 3.63) is 70.0 Å². The van der Waals surface area contributed by atoms with Crippen molar-refractivity contribution >= 4 is 17.7 Å². The molecule has 1 aromatic carbocycles. The van der Waals surface area contributed by atoms with E-state index in [1.807, 2.05) is 25.3 Å². The summed E-state index contributed by atoms with van der Waals surface area (Å²) in [5.74, 6) is -0.136. The van der Waals surface area contributed by atoms with Crippen molar-refractivity contribution in [3.63, 3.8) is 0 Å². The SMILES string of the molecule is C[C@@H]1c2cccn2CCN1C(=O)/C=C\c1ccccc1[N+](=O)[O-]. The van der Waals surface area contributed by atoms with E-state index in [-0.39, 0.29) is 17.6 Å². The highest BCUT2D eigenvalue weighted by molar-refractivity contribution is 5.92. The Balaban J connectivity index is 1.79. The molecule has 6 nitrogen and oxygen atoms in total. The van der Waals surface area contributed by atoms with Crippen molar-refractivity contribution in [1.29, 1.82) is 0 Å². The lowest BCUT2D eigenvalue weighted by Gasteiger charge is -2.34. The van der Waals surface area contributed by atoms with E-state index in [1.165, 1.54) is 18.2 Å². The molecule has 118 valence electrons. The standard InChI is InChI=1S/C17H17N3O3/c1-13-15-7-4-10-18(15)11-12-19(13)17(21)9-8-14-5-2-3-6-16(14)20(22)23/h2-10,13H,11-12H2,1H3/b9-8-/t13-/m1/s1. The summed E-state index contributed by atoms with van der Waals surface area (Å²) in [4.78, 5) is 24.8. The molecule has 0 saturated carbocycles. The first kappa shape index (κ1) is 15.0. The summed E-state index contributed by atoms with van der Waals surface area (Å²) in [6.45, 7) is 3.38. The second-order valence-electron chi connectivity index (χ2n) is 5.48. The summed E-state index contributed by atoms with van der Waals surface area (Å²) in [7, 11) is 0. The molecule has 23 heavy (non-hydrogen) atoms. The van der Waals surface area contributed by atoms with Crippen LogP contribution >= 0.6 is 0 Å². The van der Waals surface area contributed by atoms with Crippen LogP contribution in [0.1, 0.15) is 24.2 Å². The topological polar surface area (TPSA) is 68.4 Å². The largest absolute Gasteiger partial charge is 0.348 e. The molecule has 2 heterocycles. The number of fused-ring (bicyclic) bond motifs is 1. The fourth-order valence-corrected chi connectivity index (χ4v) is 2.93. The maximum absolute atomic E-state index is 12.5. The molecule has 2 aromatic rings. The van der Waals surface area contributed by atoms with Crippen molar-refractivity contribution < 1.29 is 9.72 Å². The Hall–Kier alpha value is -2.89. The Morgan fingerprint density at radius 3 is 2.83 bits per heavy atom. The Labute approximate surface area is 133 Å². The van der Waals surface area contributed by atoms with Gasteiger partial charge in [-0.3, -0.25) is 14.9 Å². The third-order valence-corrected chi connectivity index (χ3v) is 4.16. The molecule has 6 heteroatoms. The molecule has 0 saturated heterocycles. The van der Waals surface area contributed by atoms with Gasteiger partial charge in [-0.2, -0.15) is 0 Å². The fraction of sp³-hybridized carbons (Fsp3) is 0.235. The average molecular weight is 311 g/mol. The lowest BCUT2D eigenvalue weighted by atomic mass is 10.1. The summed E-state index contributed by atoms with van der Waals surface area (Å²) in [6.07, 6.45) is 4.94. The first-order valence-electron chi connectivity index (χ1n) is 7.45. The number of rotatable bonds is 3. The smallest absolute Gasteiger partial charge is 0.276 e. The number of para-hydroxylation sites is 1. The van der Waals surface area contributed by atoms with Crippen molar-refractivity contribution in [2.24, 2.45) is 0 Å². The lowest BCUT2D eigenvalue weighted by molar-refractivity contribution is -0.385. The highest BCUT2D eigenvalue weighted by atomic mass is 16.6. The molecule has 0 bridgehead atoms. The van der Waals surface area contributed by atoms with E-state index in [0.29, 0.717) is 12.1 Å². The van der Waals surface area contributed by atoms with Gasteiger partial charge in [0.2, 0.25) is 5.91 Å². The zero-order valence-corrected chi connectivity index (χ0v) is 12.8. The van der Waals surface area contributed by atoms with E-state index < -0.39 is 4.92 Å². The van der Waals surface area contributed by atoms with Gasteiger partial charge in [0, 0.05) is 37.1 Å². The molecule has 1 aromatic heterocycles. The predicted molar refractivity (Wildman–Crippen MR) is 86.7 cm³/mol. The highest BCUT2D eigenvalue weighted by Crippen LogP contribution is 2.26. The number of carbonyl (C=O) groups is 1. The molecular formula is C17H17N3O3. The maximum atomic E-state index is 12.5. The molecule has 1 aliphatic heterocycles. The van der Waals surface area contributed by atoms with Crippen LogP contribution < -0.4 is 0 Å². The average Bonchev–Trinajstić information content (AvgIpc) is 3.02. The minimum Gasteiger partial charge on any atom is -0.348 e. The third kappa shape index (κ3) is 2.88. The second-order valence-corrected chi connectivity index (χ2v) is 5.48. The van der Waals surface area contributed by atoms with Crippen LogP contribution in [0.2, 0.25) is 0 Å². The van der Waals surface area contributed by atoms with E-state index in [0.717, 1.165) is 12.2 Å². The van der Waals surface area contributed by atoms with Crippen LogP contribution in [0, 0.1) is 10.1 Å². The number of benzene rings is 1. The molecular weight excluding hydrogens is 294 g/mol. The summed E-state index contributed by atoms with van der Waals surface area (Å²) in [6, 6.07) is 10.4. The van der Waals surface area contributed by atoms with Gasteiger partial charge in [0.15, 0.2) is 0 Å². The fourth-order valence-electron chi connectivity index (χ4n) is 2.93.